The van der Waals surface area contributed by atoms with Crippen LogP contribution in [0.15, 0.2) is 54.6 Å². The predicted octanol–water partition coefficient (Wildman–Crippen LogP) is 5.47. The molecule has 1 unspecified atom stereocenters. The Morgan fingerprint density at radius 1 is 1.31 bits per heavy atom. The average Bonchev–Trinajstić information content (AvgIpc) is 3.23. The largest absolute Gasteiger partial charge is 0.481 e. The van der Waals surface area contributed by atoms with E-state index in [0.29, 0.717) is 19.3 Å². The van der Waals surface area contributed by atoms with Crippen LogP contribution in [0, 0.1) is 11.8 Å². The molecule has 0 saturated heterocycles. The van der Waals surface area contributed by atoms with Gasteiger partial charge in [-0.1, -0.05) is 42.5 Å². The van der Waals surface area contributed by atoms with Crippen LogP contribution in [0.1, 0.15) is 55.9 Å². The van der Waals surface area contributed by atoms with Gasteiger partial charge in [0.2, 0.25) is 0 Å². The molecular formula is C24H30O4S. The van der Waals surface area contributed by atoms with Gasteiger partial charge in [0.05, 0.1) is 12.2 Å². The number of carboxylic acids is 1. The van der Waals surface area contributed by atoms with Gasteiger partial charge in [-0.05, 0) is 67.9 Å². The molecule has 29 heavy (non-hydrogen) atoms. The third-order valence-corrected chi connectivity index (χ3v) is 7.09. The van der Waals surface area contributed by atoms with E-state index in [2.05, 4.69) is 30.9 Å². The average molecular weight is 415 g/mol. The van der Waals surface area contributed by atoms with Crippen LogP contribution in [-0.2, 0) is 4.79 Å². The normalized spacial score (nSPS) is 23.2. The number of hydrogen-bond donors (Lipinski definition) is 3. The second-order valence-corrected chi connectivity index (χ2v) is 9.09. The van der Waals surface area contributed by atoms with Crippen LogP contribution in [0.3, 0.4) is 0 Å². The van der Waals surface area contributed by atoms with E-state index in [-0.39, 0.29) is 18.3 Å². The fraction of sp³-hybridized carbons (Fsp3) is 0.458. The van der Waals surface area contributed by atoms with Gasteiger partial charge < -0.3 is 15.3 Å². The van der Waals surface area contributed by atoms with Crippen LogP contribution >= 0.6 is 11.3 Å². The Hall–Kier alpha value is -1.95. The maximum atomic E-state index is 10.7. The summed E-state index contributed by atoms with van der Waals surface area (Å²) >= 11 is 1.63. The summed E-state index contributed by atoms with van der Waals surface area (Å²) in [6.07, 6.45) is 7.62. The Labute approximate surface area is 176 Å². The molecule has 2 aromatic rings. The van der Waals surface area contributed by atoms with E-state index in [0.717, 1.165) is 35.1 Å². The molecule has 0 bridgehead atoms. The summed E-state index contributed by atoms with van der Waals surface area (Å²) in [7, 11) is 0. The number of aliphatic hydroxyl groups excluding tert-OH is 2. The topological polar surface area (TPSA) is 77.8 Å². The molecule has 3 N–H and O–H groups in total. The van der Waals surface area contributed by atoms with Crippen LogP contribution in [0.5, 0.6) is 0 Å². The Balaban J connectivity index is 1.53. The highest BCUT2D eigenvalue weighted by Gasteiger charge is 2.36. The molecule has 5 heteroatoms. The molecule has 0 amide bonds. The van der Waals surface area contributed by atoms with Crippen molar-refractivity contribution in [2.75, 3.05) is 0 Å². The molecule has 0 spiro atoms. The number of thiophene rings is 1. The molecule has 156 valence electrons. The van der Waals surface area contributed by atoms with Gasteiger partial charge in [-0.3, -0.25) is 4.79 Å². The molecule has 1 aliphatic rings. The summed E-state index contributed by atoms with van der Waals surface area (Å²) in [5, 5.41) is 31.0. The van der Waals surface area contributed by atoms with Crippen molar-refractivity contribution >= 4 is 27.4 Å². The van der Waals surface area contributed by atoms with Gasteiger partial charge >= 0.3 is 5.97 Å². The van der Waals surface area contributed by atoms with E-state index in [4.69, 9.17) is 5.11 Å². The number of benzene rings is 1. The lowest BCUT2D eigenvalue weighted by atomic mass is 9.85. The van der Waals surface area contributed by atoms with Gasteiger partial charge in [0.15, 0.2) is 0 Å². The van der Waals surface area contributed by atoms with Gasteiger partial charge in [-0.2, -0.15) is 0 Å². The molecule has 4 atom stereocenters. The second-order valence-electron chi connectivity index (χ2n) is 7.97. The first kappa shape index (κ1) is 21.8. The van der Waals surface area contributed by atoms with Crippen LogP contribution in [0.4, 0.5) is 0 Å². The number of rotatable bonds is 10. The summed E-state index contributed by atoms with van der Waals surface area (Å²) < 4.78 is 1.18. The lowest BCUT2D eigenvalue weighted by molar-refractivity contribution is -0.137. The quantitative estimate of drug-likeness (QED) is 0.356. The first-order chi connectivity index (χ1) is 14.0. The first-order valence-electron chi connectivity index (χ1n) is 10.3. The minimum Gasteiger partial charge on any atom is -0.481 e. The number of aliphatic carboxylic acids is 1. The monoisotopic (exact) mass is 414 g/mol. The van der Waals surface area contributed by atoms with Crippen molar-refractivity contribution in [3.05, 3.63) is 59.5 Å². The van der Waals surface area contributed by atoms with Crippen LogP contribution in [0.25, 0.3) is 10.1 Å². The van der Waals surface area contributed by atoms with E-state index in [9.17, 15) is 15.0 Å². The third-order valence-electron chi connectivity index (χ3n) is 5.87. The van der Waals surface area contributed by atoms with Crippen molar-refractivity contribution in [3.63, 3.8) is 0 Å². The number of allylic oxidation sites excluding steroid dienone is 2. The molecule has 1 saturated carbocycles. The molecule has 0 radical (unpaired) electrons. The van der Waals surface area contributed by atoms with Crippen molar-refractivity contribution in [2.45, 2.75) is 57.2 Å². The van der Waals surface area contributed by atoms with Crippen molar-refractivity contribution in [3.8, 4) is 0 Å². The summed E-state index contributed by atoms with van der Waals surface area (Å²) in [4.78, 5) is 11.5. The van der Waals surface area contributed by atoms with E-state index >= 15 is 0 Å². The molecule has 0 aliphatic heterocycles. The van der Waals surface area contributed by atoms with Gasteiger partial charge in [0.1, 0.15) is 0 Å². The van der Waals surface area contributed by atoms with E-state index in [1.807, 2.05) is 18.2 Å². The molecule has 1 heterocycles. The molecular weight excluding hydrogens is 384 g/mol. The lowest BCUT2D eigenvalue weighted by Gasteiger charge is -2.22. The zero-order chi connectivity index (χ0) is 20.8. The third kappa shape index (κ3) is 5.78. The maximum absolute atomic E-state index is 10.7. The first-order valence-corrected chi connectivity index (χ1v) is 11.2. The summed E-state index contributed by atoms with van der Waals surface area (Å²) in [6, 6.07) is 10.2. The van der Waals surface area contributed by atoms with Gasteiger partial charge in [0, 0.05) is 16.0 Å². The molecule has 1 aliphatic carbocycles. The van der Waals surface area contributed by atoms with Crippen LogP contribution in [-0.4, -0.2) is 27.4 Å². The molecule has 1 fully saturated rings. The molecule has 3 rings (SSSR count). The standard InChI is InChI=1S/C24H30O4S/c1-16-14-21(26)19(18(16)9-4-2-3-5-11-24(27)28)12-13-20(25)23-15-17-8-6-7-10-22(17)29-23/h2,4,6-8,10,15,18-21,25-26H,1,3,5,9,11-14H2,(H,27,28)/t18-,19+,20?,21+/m0/s1. The second kappa shape index (κ2) is 10.2. The van der Waals surface area contributed by atoms with Crippen LogP contribution in [0.2, 0.25) is 0 Å². The number of carboxylic acid groups (broad SMARTS) is 1. The summed E-state index contributed by atoms with van der Waals surface area (Å²) in [5.41, 5.74) is 1.08. The fourth-order valence-corrected chi connectivity index (χ4v) is 5.35. The van der Waals surface area contributed by atoms with Gasteiger partial charge in [-0.25, -0.2) is 0 Å². The van der Waals surface area contributed by atoms with Crippen molar-refractivity contribution < 1.29 is 20.1 Å². The van der Waals surface area contributed by atoms with Gasteiger partial charge in [0.25, 0.3) is 0 Å². The number of hydrogen-bond acceptors (Lipinski definition) is 4. The Morgan fingerprint density at radius 2 is 2.10 bits per heavy atom. The molecule has 4 nitrogen and oxygen atoms in total. The van der Waals surface area contributed by atoms with Crippen molar-refractivity contribution in [1.29, 1.82) is 0 Å². The molecule has 1 aromatic carbocycles. The Kier molecular flexibility index (Phi) is 7.64. The number of carbonyl (C=O) groups is 1. The molecule has 1 aromatic heterocycles. The number of fused-ring (bicyclic) bond motifs is 1. The summed E-state index contributed by atoms with van der Waals surface area (Å²) in [6.45, 7) is 4.16. The number of unbranched alkanes of at least 4 members (excludes halogenated alkanes) is 1. The lowest BCUT2D eigenvalue weighted by Crippen LogP contribution is -2.20. The predicted molar refractivity (Wildman–Crippen MR) is 118 cm³/mol. The van der Waals surface area contributed by atoms with E-state index < -0.39 is 18.2 Å². The van der Waals surface area contributed by atoms with Crippen molar-refractivity contribution in [1.82, 2.24) is 0 Å². The minimum atomic E-state index is -0.761. The zero-order valence-electron chi connectivity index (χ0n) is 16.7. The zero-order valence-corrected chi connectivity index (χ0v) is 17.5. The Morgan fingerprint density at radius 3 is 2.86 bits per heavy atom. The number of aliphatic hydroxyl groups is 2. The summed E-state index contributed by atoms with van der Waals surface area (Å²) in [5.74, 6) is -0.437. The Bertz CT molecular complexity index is 836. The van der Waals surface area contributed by atoms with E-state index in [1.54, 1.807) is 11.3 Å². The fourth-order valence-electron chi connectivity index (χ4n) is 4.27. The highest BCUT2D eigenvalue weighted by Crippen LogP contribution is 2.42. The SMILES string of the molecule is C=C1C[C@@H](O)[C@H](CCC(O)c2cc3ccccc3s2)[C@H]1CC=CCCCC(=O)O. The van der Waals surface area contributed by atoms with Crippen LogP contribution < -0.4 is 0 Å². The van der Waals surface area contributed by atoms with Gasteiger partial charge in [-0.15, -0.1) is 11.3 Å². The maximum Gasteiger partial charge on any atom is 0.303 e. The smallest absolute Gasteiger partial charge is 0.303 e. The van der Waals surface area contributed by atoms with Crippen molar-refractivity contribution in [2.24, 2.45) is 11.8 Å². The highest BCUT2D eigenvalue weighted by atomic mass is 32.1. The minimum absolute atomic E-state index is 0.107. The van der Waals surface area contributed by atoms with E-state index in [1.165, 1.54) is 4.70 Å². The highest BCUT2D eigenvalue weighted by molar-refractivity contribution is 7.19.